The molecule has 0 aliphatic heterocycles. The molecule has 5 heteroatoms. The third-order valence-electron chi connectivity index (χ3n) is 1.91. The normalized spacial score (nSPS) is 11.0. The summed E-state index contributed by atoms with van der Waals surface area (Å²) in [4.78, 5) is 8.28. The van der Waals surface area contributed by atoms with Crippen LogP contribution in [-0.4, -0.2) is 14.4 Å². The van der Waals surface area contributed by atoms with Crippen molar-refractivity contribution in [1.29, 1.82) is 0 Å². The van der Waals surface area contributed by atoms with E-state index in [4.69, 9.17) is 17.3 Å². The van der Waals surface area contributed by atoms with Crippen molar-refractivity contribution in [3.05, 3.63) is 22.7 Å². The van der Waals surface area contributed by atoms with Gasteiger partial charge in [0.1, 0.15) is 5.82 Å². The maximum absolute atomic E-state index is 5.90. The van der Waals surface area contributed by atoms with Gasteiger partial charge in [0, 0.05) is 6.20 Å². The maximum atomic E-state index is 5.90. The lowest BCUT2D eigenvalue weighted by Crippen LogP contribution is -1.96. The van der Waals surface area contributed by atoms with E-state index in [0.717, 1.165) is 11.4 Å². The van der Waals surface area contributed by atoms with Gasteiger partial charge in [0.15, 0.2) is 10.8 Å². The highest BCUT2D eigenvalue weighted by atomic mass is 35.5. The number of aryl methyl sites for hydroxylation is 2. The lowest BCUT2D eigenvalue weighted by molar-refractivity contribution is 1.08. The predicted molar refractivity (Wildman–Crippen MR) is 51.9 cm³/mol. The van der Waals surface area contributed by atoms with Gasteiger partial charge >= 0.3 is 0 Å². The highest BCUT2D eigenvalue weighted by Gasteiger charge is 2.09. The van der Waals surface area contributed by atoms with E-state index in [1.807, 2.05) is 20.0 Å². The molecular formula is C8H9ClN4. The summed E-state index contributed by atoms with van der Waals surface area (Å²) in [6, 6.07) is 0. The standard InChI is InChI=1S/C8H9ClN4/c1-4-3-13-7(10)5(2)12-8(13)6(9)11-4/h3H,10H2,1-2H3. The molecule has 4 nitrogen and oxygen atoms in total. The Morgan fingerprint density at radius 3 is 2.77 bits per heavy atom. The van der Waals surface area contributed by atoms with Crippen LogP contribution in [0.5, 0.6) is 0 Å². The van der Waals surface area contributed by atoms with Crippen molar-refractivity contribution in [2.75, 3.05) is 5.73 Å². The van der Waals surface area contributed by atoms with Gasteiger partial charge in [0.25, 0.3) is 0 Å². The highest BCUT2D eigenvalue weighted by molar-refractivity contribution is 6.32. The first-order valence-electron chi connectivity index (χ1n) is 3.87. The number of nitrogen functional groups attached to an aromatic ring is 1. The summed E-state index contributed by atoms with van der Waals surface area (Å²) in [5, 5.41) is 0.389. The number of nitrogens with two attached hydrogens (primary N) is 1. The monoisotopic (exact) mass is 196 g/mol. The molecule has 2 N–H and O–H groups in total. The Morgan fingerprint density at radius 2 is 2.08 bits per heavy atom. The number of anilines is 1. The van der Waals surface area contributed by atoms with Crippen molar-refractivity contribution in [3.8, 4) is 0 Å². The molecule has 0 saturated carbocycles. The molecule has 0 aliphatic rings. The number of hydrogen-bond donors (Lipinski definition) is 1. The number of fused-ring (bicyclic) bond motifs is 1. The summed E-state index contributed by atoms with van der Waals surface area (Å²) in [7, 11) is 0. The van der Waals surface area contributed by atoms with Crippen molar-refractivity contribution >= 4 is 23.1 Å². The lowest BCUT2D eigenvalue weighted by Gasteiger charge is -1.99. The van der Waals surface area contributed by atoms with Crippen LogP contribution in [0.1, 0.15) is 11.4 Å². The van der Waals surface area contributed by atoms with Crippen molar-refractivity contribution in [2.45, 2.75) is 13.8 Å². The molecule has 0 spiro atoms. The molecule has 2 rings (SSSR count). The molecule has 0 aromatic carbocycles. The molecule has 2 heterocycles. The number of halogens is 1. The Balaban J connectivity index is 2.94. The van der Waals surface area contributed by atoms with Gasteiger partial charge in [0.05, 0.1) is 11.4 Å². The zero-order chi connectivity index (χ0) is 9.59. The lowest BCUT2D eigenvalue weighted by atomic mass is 10.5. The molecule has 0 radical (unpaired) electrons. The van der Waals surface area contributed by atoms with Gasteiger partial charge in [-0.15, -0.1) is 0 Å². The second kappa shape index (κ2) is 2.60. The molecule has 68 valence electrons. The smallest absolute Gasteiger partial charge is 0.176 e. The molecule has 0 saturated heterocycles. The topological polar surface area (TPSA) is 56.2 Å². The van der Waals surface area contributed by atoms with Crippen LogP contribution in [0.25, 0.3) is 5.65 Å². The van der Waals surface area contributed by atoms with Crippen LogP contribution in [0, 0.1) is 13.8 Å². The third-order valence-corrected chi connectivity index (χ3v) is 2.16. The van der Waals surface area contributed by atoms with Crippen LogP contribution in [0.15, 0.2) is 6.20 Å². The van der Waals surface area contributed by atoms with Crippen LogP contribution < -0.4 is 5.73 Å². The van der Waals surface area contributed by atoms with Crippen LogP contribution >= 0.6 is 11.6 Å². The number of rotatable bonds is 0. The van der Waals surface area contributed by atoms with E-state index in [1.165, 1.54) is 0 Å². The molecule has 0 atom stereocenters. The number of nitrogens with zero attached hydrogens (tertiary/aromatic N) is 3. The molecule has 13 heavy (non-hydrogen) atoms. The average molecular weight is 197 g/mol. The highest BCUT2D eigenvalue weighted by Crippen LogP contribution is 2.19. The first kappa shape index (κ1) is 8.31. The van der Waals surface area contributed by atoms with Gasteiger partial charge in [-0.05, 0) is 13.8 Å². The quantitative estimate of drug-likeness (QED) is 0.696. The largest absolute Gasteiger partial charge is 0.383 e. The Morgan fingerprint density at radius 1 is 1.38 bits per heavy atom. The minimum absolute atomic E-state index is 0.389. The molecule has 0 unspecified atom stereocenters. The Labute approximate surface area is 80.4 Å². The van der Waals surface area contributed by atoms with Gasteiger partial charge in [-0.3, -0.25) is 4.40 Å². The second-order valence-electron chi connectivity index (χ2n) is 2.95. The zero-order valence-electron chi connectivity index (χ0n) is 7.37. The van der Waals surface area contributed by atoms with E-state index in [0.29, 0.717) is 16.6 Å². The minimum atomic E-state index is 0.389. The Kier molecular flexibility index (Phi) is 1.66. The minimum Gasteiger partial charge on any atom is -0.383 e. The fourth-order valence-electron chi connectivity index (χ4n) is 1.26. The van der Waals surface area contributed by atoms with E-state index in [1.54, 1.807) is 4.40 Å². The Bertz CT molecular complexity index is 474. The van der Waals surface area contributed by atoms with Crippen LogP contribution in [-0.2, 0) is 0 Å². The van der Waals surface area contributed by atoms with Crippen molar-refractivity contribution < 1.29 is 0 Å². The molecule has 0 amide bonds. The number of imidazole rings is 1. The maximum Gasteiger partial charge on any atom is 0.176 e. The summed E-state index contributed by atoms with van der Waals surface area (Å²) in [5.41, 5.74) is 8.00. The van der Waals surface area contributed by atoms with Gasteiger partial charge < -0.3 is 5.73 Å². The van der Waals surface area contributed by atoms with Gasteiger partial charge in [-0.25, -0.2) is 9.97 Å². The molecule has 0 bridgehead atoms. The van der Waals surface area contributed by atoms with Crippen molar-refractivity contribution in [2.24, 2.45) is 0 Å². The summed E-state index contributed by atoms with van der Waals surface area (Å²) >= 11 is 5.90. The summed E-state index contributed by atoms with van der Waals surface area (Å²) in [6.45, 7) is 3.70. The number of hydrogen-bond acceptors (Lipinski definition) is 3. The van der Waals surface area contributed by atoms with E-state index in [9.17, 15) is 0 Å². The predicted octanol–water partition coefficient (Wildman–Crippen LogP) is 1.58. The first-order chi connectivity index (χ1) is 6.09. The zero-order valence-corrected chi connectivity index (χ0v) is 8.13. The number of aromatic nitrogens is 3. The average Bonchev–Trinajstić information content (AvgIpc) is 2.32. The molecular weight excluding hydrogens is 188 g/mol. The van der Waals surface area contributed by atoms with Crippen LogP contribution in [0.3, 0.4) is 0 Å². The fraction of sp³-hybridized carbons (Fsp3) is 0.250. The van der Waals surface area contributed by atoms with E-state index in [-0.39, 0.29) is 0 Å². The van der Waals surface area contributed by atoms with Gasteiger partial charge in [0.2, 0.25) is 0 Å². The summed E-state index contributed by atoms with van der Waals surface area (Å²) < 4.78 is 1.75. The fourth-order valence-corrected chi connectivity index (χ4v) is 1.52. The third kappa shape index (κ3) is 1.14. The van der Waals surface area contributed by atoms with Crippen molar-refractivity contribution in [3.63, 3.8) is 0 Å². The van der Waals surface area contributed by atoms with E-state index in [2.05, 4.69) is 9.97 Å². The molecule has 0 fully saturated rings. The van der Waals surface area contributed by atoms with Gasteiger partial charge in [-0.1, -0.05) is 11.6 Å². The van der Waals surface area contributed by atoms with Crippen LogP contribution in [0.2, 0.25) is 5.15 Å². The first-order valence-corrected chi connectivity index (χ1v) is 4.24. The molecule has 2 aromatic rings. The SMILES string of the molecule is Cc1cn2c(N)c(C)nc2c(Cl)n1. The van der Waals surface area contributed by atoms with Crippen LogP contribution in [0.4, 0.5) is 5.82 Å². The van der Waals surface area contributed by atoms with Crippen molar-refractivity contribution in [1.82, 2.24) is 14.4 Å². The van der Waals surface area contributed by atoms with Gasteiger partial charge in [-0.2, -0.15) is 0 Å². The van der Waals surface area contributed by atoms with E-state index >= 15 is 0 Å². The molecule has 0 aliphatic carbocycles. The Hall–Kier alpha value is -1.29. The summed E-state index contributed by atoms with van der Waals surface area (Å²) in [5.74, 6) is 0.613. The molecule has 2 aromatic heterocycles. The summed E-state index contributed by atoms with van der Waals surface area (Å²) in [6.07, 6.45) is 1.82. The van der Waals surface area contributed by atoms with E-state index < -0.39 is 0 Å². The second-order valence-corrected chi connectivity index (χ2v) is 3.31.